The summed E-state index contributed by atoms with van der Waals surface area (Å²) in [6, 6.07) is 3.29. The number of benzene rings is 1. The van der Waals surface area contributed by atoms with E-state index in [4.69, 9.17) is 14.2 Å². The first-order valence-corrected chi connectivity index (χ1v) is 11.0. The normalized spacial score (nSPS) is 20.3. The van der Waals surface area contributed by atoms with Crippen LogP contribution in [0.15, 0.2) is 23.2 Å². The molecular weight excluding hydrogens is 519 g/mol. The van der Waals surface area contributed by atoms with Crippen LogP contribution in [0.3, 0.4) is 0 Å². The number of nitrogens with one attached hydrogen (secondary N) is 1. The summed E-state index contributed by atoms with van der Waals surface area (Å²) in [6.07, 6.45) is 5.90. The molecule has 31 heavy (non-hydrogen) atoms. The lowest BCUT2D eigenvalue weighted by molar-refractivity contribution is -0.0721. The Kier molecular flexibility index (Phi) is 11.8. The number of likely N-dealkylation sites (tertiary alicyclic amines) is 1. The molecule has 1 aromatic rings. The Morgan fingerprint density at radius 1 is 1.23 bits per heavy atom. The van der Waals surface area contributed by atoms with E-state index in [9.17, 15) is 8.78 Å². The summed E-state index contributed by atoms with van der Waals surface area (Å²) in [5.74, 6) is -0.455. The number of hydrogen-bond donors (Lipinski definition) is 1. The van der Waals surface area contributed by atoms with Crippen LogP contribution in [0.2, 0.25) is 0 Å². The first-order valence-electron chi connectivity index (χ1n) is 11.0. The predicted octanol–water partition coefficient (Wildman–Crippen LogP) is 3.98. The van der Waals surface area contributed by atoms with Crippen LogP contribution in [0.1, 0.15) is 39.0 Å². The minimum absolute atomic E-state index is 0. The molecule has 1 atom stereocenters. The van der Waals surface area contributed by atoms with Crippen molar-refractivity contribution in [3.8, 4) is 5.75 Å². The average Bonchev–Trinajstić information content (AvgIpc) is 2.77. The molecule has 2 saturated heterocycles. The molecule has 6 nitrogen and oxygen atoms in total. The van der Waals surface area contributed by atoms with Crippen LogP contribution in [0.25, 0.3) is 0 Å². The maximum Gasteiger partial charge on any atom is 0.194 e. The highest BCUT2D eigenvalue weighted by Gasteiger charge is 2.23. The summed E-state index contributed by atoms with van der Waals surface area (Å²) in [6.45, 7) is 6.68. The molecule has 176 valence electrons. The van der Waals surface area contributed by atoms with E-state index in [1.165, 1.54) is 18.6 Å². The third-order valence-electron chi connectivity index (χ3n) is 5.37. The Bertz CT molecular complexity index is 682. The van der Waals surface area contributed by atoms with E-state index in [2.05, 4.69) is 15.2 Å². The van der Waals surface area contributed by atoms with Gasteiger partial charge in [0.15, 0.2) is 17.5 Å². The monoisotopic (exact) mass is 553 g/mol. The van der Waals surface area contributed by atoms with Crippen molar-refractivity contribution >= 4 is 29.9 Å². The van der Waals surface area contributed by atoms with Crippen LogP contribution in [-0.2, 0) is 9.47 Å². The smallest absolute Gasteiger partial charge is 0.194 e. The number of aliphatic imine (C=N–C) groups is 1. The van der Waals surface area contributed by atoms with Gasteiger partial charge in [-0.1, -0.05) is 0 Å². The molecule has 0 amide bonds. The molecule has 0 spiro atoms. The summed E-state index contributed by atoms with van der Waals surface area (Å²) in [5, 5.41) is 3.30. The maximum absolute atomic E-state index is 13.6. The summed E-state index contributed by atoms with van der Waals surface area (Å²) in [4.78, 5) is 6.81. The molecular formula is C22H34F2IN3O3. The SMILES string of the molecule is CCNC(=NCCOc1ccc(F)cc1F)N1CCC(OCC2CCCCO2)CC1.I. The maximum atomic E-state index is 13.6. The largest absolute Gasteiger partial charge is 0.489 e. The standard InChI is InChI=1S/C22H33F2N3O3.HI/c1-2-25-22(26-10-14-29-21-7-6-17(23)15-20(21)24)27-11-8-18(9-12-27)30-16-19-5-3-4-13-28-19;/h6-7,15,18-19H,2-5,8-14,16H2,1H3,(H,25,26);1H. The van der Waals surface area contributed by atoms with Crippen molar-refractivity contribution in [3.63, 3.8) is 0 Å². The first-order chi connectivity index (χ1) is 14.7. The topological polar surface area (TPSA) is 55.3 Å². The predicted molar refractivity (Wildman–Crippen MR) is 127 cm³/mol. The zero-order valence-electron chi connectivity index (χ0n) is 18.2. The zero-order chi connectivity index (χ0) is 21.2. The number of ether oxygens (including phenoxy) is 3. The number of hydrogen-bond acceptors (Lipinski definition) is 4. The van der Waals surface area contributed by atoms with Crippen LogP contribution in [0.4, 0.5) is 8.78 Å². The van der Waals surface area contributed by atoms with Crippen molar-refractivity contribution in [2.75, 3.05) is 46.0 Å². The minimum Gasteiger partial charge on any atom is -0.489 e. The third kappa shape index (κ3) is 8.69. The van der Waals surface area contributed by atoms with Crippen molar-refractivity contribution in [3.05, 3.63) is 29.8 Å². The van der Waals surface area contributed by atoms with Crippen LogP contribution in [0, 0.1) is 11.6 Å². The third-order valence-corrected chi connectivity index (χ3v) is 5.37. The fourth-order valence-electron chi connectivity index (χ4n) is 3.74. The highest BCUT2D eigenvalue weighted by molar-refractivity contribution is 14.0. The molecule has 3 rings (SSSR count). The van der Waals surface area contributed by atoms with Gasteiger partial charge in [0.2, 0.25) is 0 Å². The Morgan fingerprint density at radius 3 is 2.71 bits per heavy atom. The van der Waals surface area contributed by atoms with Gasteiger partial charge in [-0.25, -0.2) is 13.8 Å². The van der Waals surface area contributed by atoms with Gasteiger partial charge >= 0.3 is 0 Å². The second-order valence-corrected chi connectivity index (χ2v) is 7.67. The van der Waals surface area contributed by atoms with Gasteiger partial charge < -0.3 is 24.4 Å². The molecule has 0 aliphatic carbocycles. The number of piperidine rings is 1. The molecule has 1 unspecified atom stereocenters. The van der Waals surface area contributed by atoms with Crippen molar-refractivity contribution in [2.45, 2.75) is 51.2 Å². The summed E-state index contributed by atoms with van der Waals surface area (Å²) >= 11 is 0. The van der Waals surface area contributed by atoms with Gasteiger partial charge in [0, 0.05) is 32.3 Å². The molecule has 1 aromatic carbocycles. The molecule has 9 heteroatoms. The lowest BCUT2D eigenvalue weighted by Gasteiger charge is -2.35. The van der Waals surface area contributed by atoms with Gasteiger partial charge in [-0.3, -0.25) is 0 Å². The second-order valence-electron chi connectivity index (χ2n) is 7.67. The zero-order valence-corrected chi connectivity index (χ0v) is 20.5. The summed E-state index contributed by atoms with van der Waals surface area (Å²) < 4.78 is 43.8. The molecule has 0 aromatic heterocycles. The molecule has 0 radical (unpaired) electrons. The second kappa shape index (κ2) is 14.1. The molecule has 1 N–H and O–H groups in total. The highest BCUT2D eigenvalue weighted by Crippen LogP contribution is 2.19. The van der Waals surface area contributed by atoms with Gasteiger partial charge in [0.1, 0.15) is 12.4 Å². The van der Waals surface area contributed by atoms with Gasteiger partial charge in [0.05, 0.1) is 25.4 Å². The Balaban J connectivity index is 0.00000341. The minimum atomic E-state index is -0.702. The van der Waals surface area contributed by atoms with Gasteiger partial charge in [-0.05, 0) is 51.2 Å². The molecule has 0 bridgehead atoms. The molecule has 2 heterocycles. The lowest BCUT2D eigenvalue weighted by atomic mass is 10.1. The van der Waals surface area contributed by atoms with E-state index < -0.39 is 11.6 Å². The van der Waals surface area contributed by atoms with Crippen LogP contribution >= 0.6 is 24.0 Å². The van der Waals surface area contributed by atoms with Crippen LogP contribution in [0.5, 0.6) is 5.75 Å². The number of guanidine groups is 1. The van der Waals surface area contributed by atoms with E-state index in [0.717, 1.165) is 64.0 Å². The van der Waals surface area contributed by atoms with Crippen LogP contribution < -0.4 is 10.1 Å². The molecule has 2 fully saturated rings. The average molecular weight is 553 g/mol. The molecule has 0 saturated carbocycles. The lowest BCUT2D eigenvalue weighted by Crippen LogP contribution is -2.47. The van der Waals surface area contributed by atoms with Gasteiger partial charge in [-0.15, -0.1) is 24.0 Å². The summed E-state index contributed by atoms with van der Waals surface area (Å²) in [7, 11) is 0. The molecule has 2 aliphatic heterocycles. The Morgan fingerprint density at radius 2 is 2.03 bits per heavy atom. The van der Waals surface area contributed by atoms with E-state index in [-0.39, 0.29) is 48.5 Å². The first kappa shape index (κ1) is 26.1. The highest BCUT2D eigenvalue weighted by atomic mass is 127. The fraction of sp³-hybridized carbons (Fsp3) is 0.682. The van der Waals surface area contributed by atoms with Crippen molar-refractivity contribution in [1.82, 2.24) is 10.2 Å². The van der Waals surface area contributed by atoms with Crippen molar-refractivity contribution in [2.24, 2.45) is 4.99 Å². The fourth-order valence-corrected chi connectivity index (χ4v) is 3.74. The molecule has 2 aliphatic rings. The number of rotatable bonds is 8. The summed E-state index contributed by atoms with van der Waals surface area (Å²) in [5.41, 5.74) is 0. The van der Waals surface area contributed by atoms with E-state index in [1.54, 1.807) is 0 Å². The van der Waals surface area contributed by atoms with E-state index >= 15 is 0 Å². The van der Waals surface area contributed by atoms with Gasteiger partial charge in [-0.2, -0.15) is 0 Å². The van der Waals surface area contributed by atoms with Crippen molar-refractivity contribution < 1.29 is 23.0 Å². The Hall–Kier alpha value is -1.20. The van der Waals surface area contributed by atoms with Gasteiger partial charge in [0.25, 0.3) is 0 Å². The number of nitrogens with zero attached hydrogens (tertiary/aromatic N) is 2. The van der Waals surface area contributed by atoms with E-state index in [0.29, 0.717) is 13.2 Å². The van der Waals surface area contributed by atoms with Crippen molar-refractivity contribution in [1.29, 1.82) is 0 Å². The quantitative estimate of drug-likeness (QED) is 0.229. The van der Waals surface area contributed by atoms with Crippen LogP contribution in [-0.4, -0.2) is 69.1 Å². The Labute approximate surface area is 200 Å². The number of halogens is 3. The van der Waals surface area contributed by atoms with E-state index in [1.807, 2.05) is 6.92 Å².